The number of fused-ring (bicyclic) bond motifs is 3. The number of carbonyl (C=O) groups excluding carboxylic acids is 3. The summed E-state index contributed by atoms with van der Waals surface area (Å²) in [5.74, 6) is -0.711. The molecule has 0 fully saturated rings. The molecule has 3 amide bonds. The fourth-order valence-corrected chi connectivity index (χ4v) is 4.73. The van der Waals surface area contributed by atoms with Crippen LogP contribution in [0, 0.1) is 6.92 Å². The monoisotopic (exact) mass is 502 g/mol. The van der Waals surface area contributed by atoms with Crippen LogP contribution in [0.5, 0.6) is 0 Å². The summed E-state index contributed by atoms with van der Waals surface area (Å²) in [7, 11) is 0. The van der Waals surface area contributed by atoms with Gasteiger partial charge >= 0.3 is 12.0 Å². The predicted molar refractivity (Wildman–Crippen MR) is 143 cm³/mol. The molecule has 1 aromatic heterocycles. The maximum Gasteiger partial charge on any atom is 0.325 e. The molecule has 0 saturated carbocycles. The lowest BCUT2D eigenvalue weighted by molar-refractivity contribution is -0.141. The van der Waals surface area contributed by atoms with Gasteiger partial charge in [-0.25, -0.2) is 4.79 Å². The molecule has 8 nitrogen and oxygen atoms in total. The molecule has 37 heavy (non-hydrogen) atoms. The van der Waals surface area contributed by atoms with Crippen molar-refractivity contribution in [2.24, 2.45) is 0 Å². The lowest BCUT2D eigenvalue weighted by Crippen LogP contribution is -2.50. The van der Waals surface area contributed by atoms with Gasteiger partial charge in [0.1, 0.15) is 19.1 Å². The van der Waals surface area contributed by atoms with Crippen LogP contribution < -0.4 is 10.2 Å². The van der Waals surface area contributed by atoms with Crippen LogP contribution in [0.2, 0.25) is 0 Å². The number of aromatic nitrogens is 1. The van der Waals surface area contributed by atoms with Crippen molar-refractivity contribution in [1.29, 1.82) is 0 Å². The van der Waals surface area contributed by atoms with Crippen molar-refractivity contribution >= 4 is 23.6 Å². The third-order valence-corrected chi connectivity index (χ3v) is 6.43. The Hall–Kier alpha value is -4.07. The summed E-state index contributed by atoms with van der Waals surface area (Å²) in [5, 5.41) is 2.60. The van der Waals surface area contributed by atoms with Crippen LogP contribution in [0.15, 0.2) is 66.9 Å². The SMILES string of the molecule is CCCCN(CC(=O)N1c2ccccc2-n2cccc2C1c1cccc(C)c1)C(=O)NCC(=O)OCC. The topological polar surface area (TPSA) is 83.9 Å². The van der Waals surface area contributed by atoms with E-state index in [-0.39, 0.29) is 31.6 Å². The van der Waals surface area contributed by atoms with Gasteiger partial charge in [0.2, 0.25) is 5.91 Å². The van der Waals surface area contributed by atoms with Crippen LogP contribution in [0.25, 0.3) is 5.69 Å². The first-order valence-corrected chi connectivity index (χ1v) is 12.8. The molecule has 2 aromatic carbocycles. The Morgan fingerprint density at radius 3 is 2.51 bits per heavy atom. The molecule has 1 aliphatic rings. The Balaban J connectivity index is 1.68. The minimum absolute atomic E-state index is 0.119. The predicted octanol–water partition coefficient (Wildman–Crippen LogP) is 4.60. The second-order valence-electron chi connectivity index (χ2n) is 9.11. The number of benzene rings is 2. The zero-order chi connectivity index (χ0) is 26.4. The van der Waals surface area contributed by atoms with Crippen LogP contribution in [0.4, 0.5) is 10.5 Å². The number of ether oxygens (including phenoxy) is 1. The molecule has 194 valence electrons. The van der Waals surface area contributed by atoms with Crippen LogP contribution >= 0.6 is 0 Å². The van der Waals surface area contributed by atoms with Crippen molar-refractivity contribution < 1.29 is 19.1 Å². The Morgan fingerprint density at radius 1 is 1.00 bits per heavy atom. The van der Waals surface area contributed by atoms with Gasteiger partial charge in [0, 0.05) is 12.7 Å². The maximum atomic E-state index is 14.1. The number of amides is 3. The molecule has 4 rings (SSSR count). The van der Waals surface area contributed by atoms with E-state index in [0.717, 1.165) is 41.0 Å². The molecule has 3 aromatic rings. The number of aryl methyl sites for hydroxylation is 1. The highest BCUT2D eigenvalue weighted by molar-refractivity contribution is 6.00. The first-order valence-electron chi connectivity index (χ1n) is 12.8. The first kappa shape index (κ1) is 26.0. The lowest BCUT2D eigenvalue weighted by Gasteiger charge is -2.39. The molecule has 0 aliphatic carbocycles. The number of para-hydroxylation sites is 2. The highest BCUT2D eigenvalue weighted by Crippen LogP contribution is 2.42. The zero-order valence-corrected chi connectivity index (χ0v) is 21.6. The second-order valence-corrected chi connectivity index (χ2v) is 9.11. The lowest BCUT2D eigenvalue weighted by atomic mass is 9.96. The third-order valence-electron chi connectivity index (χ3n) is 6.43. The van der Waals surface area contributed by atoms with E-state index in [9.17, 15) is 14.4 Å². The van der Waals surface area contributed by atoms with Crippen molar-refractivity contribution in [3.63, 3.8) is 0 Å². The molecule has 0 spiro atoms. The Bertz CT molecular complexity index is 1270. The average Bonchev–Trinajstić information content (AvgIpc) is 3.39. The van der Waals surface area contributed by atoms with Crippen molar-refractivity contribution in [1.82, 2.24) is 14.8 Å². The highest BCUT2D eigenvalue weighted by atomic mass is 16.5. The molecule has 8 heteroatoms. The number of rotatable bonds is 9. The summed E-state index contributed by atoms with van der Waals surface area (Å²) in [5.41, 5.74) is 4.76. The van der Waals surface area contributed by atoms with E-state index in [4.69, 9.17) is 4.74 Å². The third kappa shape index (κ3) is 5.69. The number of hydrogen-bond acceptors (Lipinski definition) is 4. The molecule has 1 unspecified atom stereocenters. The van der Waals surface area contributed by atoms with Gasteiger partial charge in [0.05, 0.1) is 23.7 Å². The van der Waals surface area contributed by atoms with Gasteiger partial charge in [-0.1, -0.05) is 55.3 Å². The van der Waals surface area contributed by atoms with Gasteiger partial charge in [-0.15, -0.1) is 0 Å². The summed E-state index contributed by atoms with van der Waals surface area (Å²) < 4.78 is 7.04. The molecule has 1 atom stereocenters. The maximum absolute atomic E-state index is 14.1. The number of anilines is 1. The molecule has 0 radical (unpaired) electrons. The van der Waals surface area contributed by atoms with Crippen molar-refractivity contribution in [2.75, 3.05) is 31.1 Å². The number of esters is 1. The van der Waals surface area contributed by atoms with Crippen LogP contribution in [-0.4, -0.2) is 53.6 Å². The number of hydrogen-bond donors (Lipinski definition) is 1. The molecular weight excluding hydrogens is 468 g/mol. The van der Waals surface area contributed by atoms with E-state index in [1.165, 1.54) is 4.90 Å². The Morgan fingerprint density at radius 2 is 1.78 bits per heavy atom. The molecule has 1 N–H and O–H groups in total. The van der Waals surface area contributed by atoms with Crippen molar-refractivity contribution in [3.05, 3.63) is 83.7 Å². The number of nitrogens with one attached hydrogen (secondary N) is 1. The van der Waals surface area contributed by atoms with Crippen molar-refractivity contribution in [3.8, 4) is 5.69 Å². The van der Waals surface area contributed by atoms with E-state index in [1.54, 1.807) is 11.8 Å². The summed E-state index contributed by atoms with van der Waals surface area (Å²) in [6.45, 7) is 6.05. The van der Waals surface area contributed by atoms with E-state index in [1.807, 2.05) is 74.6 Å². The summed E-state index contributed by atoms with van der Waals surface area (Å²) in [4.78, 5) is 42.2. The van der Waals surface area contributed by atoms with Crippen molar-refractivity contribution in [2.45, 2.75) is 39.7 Å². The molecule has 2 heterocycles. The minimum Gasteiger partial charge on any atom is -0.465 e. The summed E-state index contributed by atoms with van der Waals surface area (Å²) in [6, 6.07) is 19.2. The van der Waals surface area contributed by atoms with Crippen LogP contribution in [-0.2, 0) is 14.3 Å². The Kier molecular flexibility index (Phi) is 8.28. The quantitative estimate of drug-likeness (QED) is 0.434. The van der Waals surface area contributed by atoms with E-state index < -0.39 is 12.0 Å². The van der Waals surface area contributed by atoms with Gasteiger partial charge in [0.25, 0.3) is 0 Å². The largest absolute Gasteiger partial charge is 0.465 e. The summed E-state index contributed by atoms with van der Waals surface area (Å²) >= 11 is 0. The van der Waals surface area contributed by atoms with Gasteiger partial charge in [0.15, 0.2) is 0 Å². The molecular formula is C29H34N4O4. The first-order chi connectivity index (χ1) is 17.9. The average molecular weight is 503 g/mol. The van der Waals surface area contributed by atoms with Crippen LogP contribution in [0.3, 0.4) is 0 Å². The highest BCUT2D eigenvalue weighted by Gasteiger charge is 2.37. The molecule has 1 aliphatic heterocycles. The fourth-order valence-electron chi connectivity index (χ4n) is 4.73. The van der Waals surface area contributed by atoms with Gasteiger partial charge in [-0.3, -0.25) is 14.5 Å². The number of unbranched alkanes of at least 4 members (excludes halogenated alkanes) is 1. The van der Waals surface area contributed by atoms with E-state index in [2.05, 4.69) is 16.0 Å². The minimum atomic E-state index is -0.511. The number of carbonyl (C=O) groups is 3. The number of nitrogens with zero attached hydrogens (tertiary/aromatic N) is 3. The van der Waals surface area contributed by atoms with E-state index in [0.29, 0.717) is 6.54 Å². The van der Waals surface area contributed by atoms with Gasteiger partial charge in [-0.2, -0.15) is 0 Å². The van der Waals surface area contributed by atoms with Gasteiger partial charge < -0.3 is 19.5 Å². The zero-order valence-electron chi connectivity index (χ0n) is 21.6. The van der Waals surface area contributed by atoms with Crippen LogP contribution in [0.1, 0.15) is 49.6 Å². The van der Waals surface area contributed by atoms with Gasteiger partial charge in [-0.05, 0) is 50.1 Å². The molecule has 0 bridgehead atoms. The normalized spacial score (nSPS) is 13.9. The van der Waals surface area contributed by atoms with E-state index >= 15 is 0 Å². The number of urea groups is 1. The Labute approximate surface area is 217 Å². The standard InChI is InChI=1S/C29H34N4O4/c1-4-6-16-31(29(36)30-19-27(35)37-5-2)20-26(34)33-24-14-8-7-13-23(24)32-17-10-15-25(32)28(33)22-12-9-11-21(3)18-22/h7-15,17-18,28H,4-6,16,19-20H2,1-3H3,(H,30,36). The fraction of sp³-hybridized carbons (Fsp3) is 0.345. The summed E-state index contributed by atoms with van der Waals surface area (Å²) in [6.07, 6.45) is 3.61. The second kappa shape index (κ2) is 11.8. The smallest absolute Gasteiger partial charge is 0.325 e. The molecule has 0 saturated heterocycles.